The third kappa shape index (κ3) is 6.36. The lowest BCUT2D eigenvalue weighted by molar-refractivity contribution is 0.0693. The van der Waals surface area contributed by atoms with Crippen molar-refractivity contribution in [1.29, 1.82) is 0 Å². The van der Waals surface area contributed by atoms with Gasteiger partial charge in [0.25, 0.3) is 0 Å². The van der Waals surface area contributed by atoms with Crippen molar-refractivity contribution < 1.29 is 4.43 Å². The number of rotatable bonds is 7. The topological polar surface area (TPSA) is 9.23 Å². The van der Waals surface area contributed by atoms with Gasteiger partial charge in [0.2, 0.25) is 0 Å². The van der Waals surface area contributed by atoms with Crippen LogP contribution in [0.1, 0.15) is 53.9 Å². The molecule has 115 valence electrons. The quantitative estimate of drug-likeness (QED) is 0.607. The lowest BCUT2D eigenvalue weighted by Gasteiger charge is -2.47. The van der Waals surface area contributed by atoms with Gasteiger partial charge < -0.3 is 4.43 Å². The van der Waals surface area contributed by atoms with Crippen LogP contribution in [-0.4, -0.2) is 41.2 Å². The zero-order chi connectivity index (χ0) is 15.5. The molecular weight excluding hydrogens is 284 g/mol. The predicted octanol–water partition coefficient (Wildman–Crippen LogP) is 4.89. The van der Waals surface area contributed by atoms with Gasteiger partial charge in [-0.1, -0.05) is 41.0 Å². The Morgan fingerprint density at radius 1 is 1.16 bits per heavy atom. The van der Waals surface area contributed by atoms with E-state index in [1.54, 1.807) is 0 Å². The molecule has 0 bridgehead atoms. The van der Waals surface area contributed by atoms with Crippen molar-refractivity contribution in [3.63, 3.8) is 0 Å². The SMILES string of the molecule is CCCC(O[Si](C)(C)C(CC)S(C)(C)[Si])C(C)(C)C. The van der Waals surface area contributed by atoms with Crippen molar-refractivity contribution >= 4 is 27.2 Å². The van der Waals surface area contributed by atoms with E-state index in [2.05, 4.69) is 69.6 Å². The van der Waals surface area contributed by atoms with Crippen LogP contribution in [0.3, 0.4) is 0 Å². The average molecular weight is 320 g/mol. The van der Waals surface area contributed by atoms with Crippen LogP contribution in [-0.2, 0) is 4.43 Å². The summed E-state index contributed by atoms with van der Waals surface area (Å²) in [6.45, 7) is 16.3. The molecule has 0 aromatic heterocycles. The molecule has 0 aliphatic rings. The summed E-state index contributed by atoms with van der Waals surface area (Å²) in [7, 11) is 1.59. The normalized spacial score (nSPS) is 18.2. The molecule has 0 heterocycles. The highest BCUT2D eigenvalue weighted by Gasteiger charge is 2.41. The second-order valence-electron chi connectivity index (χ2n) is 7.67. The fraction of sp³-hybridized carbons (Fsp3) is 1.00. The largest absolute Gasteiger partial charge is 0.413 e. The molecule has 0 aliphatic heterocycles. The van der Waals surface area contributed by atoms with Crippen molar-refractivity contribution in [3.8, 4) is 0 Å². The summed E-state index contributed by atoms with van der Waals surface area (Å²) in [4.78, 5) is 0.707. The first kappa shape index (κ1) is 19.7. The van der Waals surface area contributed by atoms with Gasteiger partial charge in [0.05, 0.1) is 9.39 Å². The molecule has 3 radical (unpaired) electrons. The second-order valence-corrected chi connectivity index (χ2v) is 18.8. The molecule has 0 aliphatic carbocycles. The summed E-state index contributed by atoms with van der Waals surface area (Å²) in [6.07, 6.45) is 8.71. The van der Waals surface area contributed by atoms with E-state index in [0.717, 1.165) is 0 Å². The predicted molar refractivity (Wildman–Crippen MR) is 96.0 cm³/mol. The van der Waals surface area contributed by atoms with Crippen molar-refractivity contribution in [3.05, 3.63) is 0 Å². The lowest BCUT2D eigenvalue weighted by atomic mass is 9.87. The molecule has 0 spiro atoms. The van der Waals surface area contributed by atoms with Gasteiger partial charge in [-0.2, -0.15) is 0 Å². The van der Waals surface area contributed by atoms with Gasteiger partial charge in [-0.3, -0.25) is 9.48 Å². The molecule has 0 saturated heterocycles. The van der Waals surface area contributed by atoms with E-state index in [4.69, 9.17) is 4.43 Å². The van der Waals surface area contributed by atoms with Crippen LogP contribution in [0.15, 0.2) is 0 Å². The lowest BCUT2D eigenvalue weighted by Crippen LogP contribution is -2.51. The molecule has 0 aromatic rings. The number of hydrogen-bond donors (Lipinski definition) is 0. The van der Waals surface area contributed by atoms with E-state index in [1.807, 2.05) is 0 Å². The van der Waals surface area contributed by atoms with Crippen molar-refractivity contribution in [1.82, 2.24) is 0 Å². The molecule has 0 aromatic carbocycles. The molecule has 2 atom stereocenters. The fourth-order valence-electron chi connectivity index (χ4n) is 2.99. The van der Waals surface area contributed by atoms with Gasteiger partial charge in [-0.15, -0.1) is 0 Å². The van der Waals surface area contributed by atoms with Crippen molar-refractivity contribution in [2.24, 2.45) is 5.41 Å². The van der Waals surface area contributed by atoms with Crippen LogP contribution in [0.25, 0.3) is 0 Å². The molecule has 0 rings (SSSR count). The zero-order valence-electron chi connectivity index (χ0n) is 14.6. The van der Waals surface area contributed by atoms with E-state index >= 15 is 0 Å². The second kappa shape index (κ2) is 7.14. The Bertz CT molecular complexity index is 266. The maximum atomic E-state index is 6.75. The molecule has 1 nitrogen and oxygen atoms in total. The van der Waals surface area contributed by atoms with Gasteiger partial charge in [0, 0.05) is 11.0 Å². The smallest absolute Gasteiger partial charge is 0.197 e. The van der Waals surface area contributed by atoms with Crippen LogP contribution >= 0.6 is 9.48 Å². The summed E-state index contributed by atoms with van der Waals surface area (Å²) in [5.41, 5.74) is 0.240. The third-order valence-electron chi connectivity index (χ3n) is 3.82. The minimum atomic E-state index is -1.69. The third-order valence-corrected chi connectivity index (χ3v) is 13.5. The van der Waals surface area contributed by atoms with Gasteiger partial charge >= 0.3 is 0 Å². The van der Waals surface area contributed by atoms with Gasteiger partial charge in [-0.25, -0.2) is 0 Å². The monoisotopic (exact) mass is 319 g/mol. The Hall–Kier alpha value is 0.744. The zero-order valence-corrected chi connectivity index (χ0v) is 17.4. The van der Waals surface area contributed by atoms with Crippen LogP contribution in [0.2, 0.25) is 13.1 Å². The van der Waals surface area contributed by atoms with Crippen molar-refractivity contribution in [2.45, 2.75) is 78.0 Å². The van der Waals surface area contributed by atoms with Crippen LogP contribution < -0.4 is 0 Å². The summed E-state index contributed by atoms with van der Waals surface area (Å²) in [5.74, 6) is 0. The van der Waals surface area contributed by atoms with E-state index in [-0.39, 0.29) is 5.41 Å². The first-order chi connectivity index (χ1) is 8.36. The molecule has 0 N–H and O–H groups in total. The average Bonchev–Trinajstić information content (AvgIpc) is 2.13. The minimum absolute atomic E-state index is 0.240. The van der Waals surface area contributed by atoms with E-state index in [1.165, 1.54) is 19.3 Å². The fourth-order valence-corrected chi connectivity index (χ4v) is 15.1. The molecule has 0 saturated carbocycles. The Morgan fingerprint density at radius 2 is 1.63 bits per heavy atom. The minimum Gasteiger partial charge on any atom is -0.413 e. The van der Waals surface area contributed by atoms with E-state index in [9.17, 15) is 0 Å². The molecule has 0 amide bonds. The highest BCUT2D eigenvalue weighted by atomic mass is 32.4. The molecule has 0 fully saturated rings. The number of hydrogen-bond acceptors (Lipinski definition) is 1. The molecular formula is C15H35OSSi2. The Balaban J connectivity index is 5.08. The van der Waals surface area contributed by atoms with Gasteiger partial charge in [0.1, 0.15) is 0 Å². The molecule has 19 heavy (non-hydrogen) atoms. The maximum absolute atomic E-state index is 6.75. The Kier molecular flexibility index (Phi) is 7.42. The van der Waals surface area contributed by atoms with E-state index in [0.29, 0.717) is 11.0 Å². The standard InChI is InChI=1S/C15H35OSSi2/c1-10-12-13(15(3,4)5)16-19(8,9)14(11-2)17(6,7)18/h13-14H,10-12H2,1-9H3. The van der Waals surface area contributed by atoms with Gasteiger partial charge in [-0.05, 0) is 43.9 Å². The first-order valence-electron chi connectivity index (χ1n) is 7.50. The van der Waals surface area contributed by atoms with Crippen LogP contribution in [0.4, 0.5) is 0 Å². The summed E-state index contributed by atoms with van der Waals surface area (Å²) in [5, 5.41) is 0. The highest BCUT2D eigenvalue weighted by Crippen LogP contribution is 2.47. The highest BCUT2D eigenvalue weighted by molar-refractivity contribution is 8.50. The van der Waals surface area contributed by atoms with E-state index < -0.39 is 17.8 Å². The van der Waals surface area contributed by atoms with Gasteiger partial charge in [0.15, 0.2) is 8.32 Å². The molecule has 4 heteroatoms. The Morgan fingerprint density at radius 3 is 1.89 bits per heavy atom. The summed E-state index contributed by atoms with van der Waals surface area (Å²) in [6, 6.07) is 0. The summed E-state index contributed by atoms with van der Waals surface area (Å²) < 4.78 is 6.75. The maximum Gasteiger partial charge on any atom is 0.197 e. The van der Waals surface area contributed by atoms with Crippen molar-refractivity contribution in [2.75, 3.05) is 12.5 Å². The van der Waals surface area contributed by atoms with Crippen LogP contribution in [0.5, 0.6) is 0 Å². The molecule has 2 unspecified atom stereocenters. The Labute approximate surface area is 127 Å². The van der Waals surface area contributed by atoms with Crippen LogP contribution in [0, 0.1) is 5.41 Å². The first-order valence-corrected chi connectivity index (χ1v) is 14.2. The summed E-state index contributed by atoms with van der Waals surface area (Å²) >= 11 is 0.